The fourth-order valence-electron chi connectivity index (χ4n) is 4.16. The van der Waals surface area contributed by atoms with E-state index < -0.39 is 0 Å². The fraction of sp³-hybridized carbons (Fsp3) is 0.368. The number of nitrogens with zero attached hydrogens (tertiary/aromatic N) is 1. The Balaban J connectivity index is 1.81. The SMILES string of the molecule is COc1cc2c(cc1O)[C@@H]1Cc3cc(O)ccc3[C@H](C)N1CC2. The van der Waals surface area contributed by atoms with Crippen LogP contribution in [0.25, 0.3) is 0 Å². The number of phenols is 2. The van der Waals surface area contributed by atoms with Crippen molar-refractivity contribution >= 4 is 0 Å². The molecule has 0 bridgehead atoms. The minimum atomic E-state index is 0.197. The van der Waals surface area contributed by atoms with E-state index in [-0.39, 0.29) is 11.8 Å². The quantitative estimate of drug-likeness (QED) is 0.848. The molecule has 0 saturated carbocycles. The molecule has 23 heavy (non-hydrogen) atoms. The molecule has 0 amide bonds. The van der Waals surface area contributed by atoms with Crippen molar-refractivity contribution in [2.45, 2.75) is 31.8 Å². The molecule has 0 radical (unpaired) electrons. The second-order valence-corrected chi connectivity index (χ2v) is 6.49. The zero-order valence-electron chi connectivity index (χ0n) is 13.4. The first-order valence-electron chi connectivity index (χ1n) is 8.06. The van der Waals surface area contributed by atoms with E-state index >= 15 is 0 Å². The number of fused-ring (bicyclic) bond motifs is 4. The Kier molecular flexibility index (Phi) is 3.23. The highest BCUT2D eigenvalue weighted by Crippen LogP contribution is 2.46. The van der Waals surface area contributed by atoms with Crippen LogP contribution < -0.4 is 4.74 Å². The molecule has 2 aromatic carbocycles. The van der Waals surface area contributed by atoms with Crippen molar-refractivity contribution in [1.82, 2.24) is 4.90 Å². The first kappa shape index (κ1) is 14.4. The Morgan fingerprint density at radius 3 is 2.70 bits per heavy atom. The van der Waals surface area contributed by atoms with Gasteiger partial charge in [-0.1, -0.05) is 6.07 Å². The molecule has 4 heteroatoms. The molecule has 0 aliphatic carbocycles. The van der Waals surface area contributed by atoms with Crippen LogP contribution in [0.5, 0.6) is 17.2 Å². The van der Waals surface area contributed by atoms with Crippen molar-refractivity contribution in [3.05, 3.63) is 52.6 Å². The first-order valence-corrected chi connectivity index (χ1v) is 8.06. The highest BCUT2D eigenvalue weighted by Gasteiger charge is 2.36. The molecule has 4 nitrogen and oxygen atoms in total. The third-order valence-corrected chi connectivity index (χ3v) is 5.33. The van der Waals surface area contributed by atoms with Crippen LogP contribution in [-0.2, 0) is 12.8 Å². The summed E-state index contributed by atoms with van der Waals surface area (Å²) in [5.41, 5.74) is 4.91. The predicted octanol–water partition coefficient (Wildman–Crippen LogP) is 3.32. The number of benzene rings is 2. The zero-order chi connectivity index (χ0) is 16.1. The van der Waals surface area contributed by atoms with Crippen molar-refractivity contribution in [2.24, 2.45) is 0 Å². The smallest absolute Gasteiger partial charge is 0.160 e. The van der Waals surface area contributed by atoms with E-state index in [1.807, 2.05) is 24.3 Å². The lowest BCUT2D eigenvalue weighted by atomic mass is 9.81. The van der Waals surface area contributed by atoms with Gasteiger partial charge >= 0.3 is 0 Å². The second-order valence-electron chi connectivity index (χ2n) is 6.49. The summed E-state index contributed by atoms with van der Waals surface area (Å²) in [6, 6.07) is 10.0. The van der Waals surface area contributed by atoms with Gasteiger partial charge in [-0.15, -0.1) is 0 Å². The summed E-state index contributed by atoms with van der Waals surface area (Å²) in [7, 11) is 1.58. The molecule has 0 spiro atoms. The molecule has 0 unspecified atom stereocenters. The molecule has 120 valence electrons. The Bertz CT molecular complexity index is 771. The average Bonchev–Trinajstić information content (AvgIpc) is 2.54. The van der Waals surface area contributed by atoms with E-state index in [2.05, 4.69) is 11.8 Å². The Morgan fingerprint density at radius 2 is 1.91 bits per heavy atom. The molecule has 2 aliphatic rings. The summed E-state index contributed by atoms with van der Waals surface area (Å²) in [5, 5.41) is 20.0. The Morgan fingerprint density at radius 1 is 1.09 bits per heavy atom. The molecular weight excluding hydrogens is 290 g/mol. The number of ether oxygens (including phenoxy) is 1. The van der Waals surface area contributed by atoms with Crippen LogP contribution >= 0.6 is 0 Å². The topological polar surface area (TPSA) is 52.9 Å². The lowest BCUT2D eigenvalue weighted by Gasteiger charge is -2.45. The molecule has 0 fully saturated rings. The molecule has 0 aromatic heterocycles. The maximum atomic E-state index is 10.2. The third kappa shape index (κ3) is 2.17. The summed E-state index contributed by atoms with van der Waals surface area (Å²) in [6.45, 7) is 3.21. The molecule has 2 heterocycles. The van der Waals surface area contributed by atoms with Gasteiger partial charge in [0.25, 0.3) is 0 Å². The van der Waals surface area contributed by atoms with Gasteiger partial charge < -0.3 is 14.9 Å². The van der Waals surface area contributed by atoms with E-state index in [9.17, 15) is 10.2 Å². The van der Waals surface area contributed by atoms with Gasteiger partial charge in [0.2, 0.25) is 0 Å². The summed E-state index contributed by atoms with van der Waals surface area (Å²) >= 11 is 0. The van der Waals surface area contributed by atoms with Crippen LogP contribution in [0.15, 0.2) is 30.3 Å². The average molecular weight is 311 g/mol. The van der Waals surface area contributed by atoms with Crippen molar-refractivity contribution in [3.63, 3.8) is 0 Å². The third-order valence-electron chi connectivity index (χ3n) is 5.33. The lowest BCUT2D eigenvalue weighted by molar-refractivity contribution is 0.117. The van der Waals surface area contributed by atoms with Crippen molar-refractivity contribution in [1.29, 1.82) is 0 Å². The summed E-state index contributed by atoms with van der Waals surface area (Å²) in [4.78, 5) is 2.49. The van der Waals surface area contributed by atoms with E-state index in [1.165, 1.54) is 22.3 Å². The largest absolute Gasteiger partial charge is 0.508 e. The van der Waals surface area contributed by atoms with Gasteiger partial charge in [0.1, 0.15) is 5.75 Å². The minimum absolute atomic E-state index is 0.197. The number of hydrogen-bond acceptors (Lipinski definition) is 4. The van der Waals surface area contributed by atoms with Gasteiger partial charge in [0, 0.05) is 18.6 Å². The van der Waals surface area contributed by atoms with Gasteiger partial charge in [-0.3, -0.25) is 4.90 Å². The Hall–Kier alpha value is -2.20. The molecular formula is C19H21NO3. The zero-order valence-corrected chi connectivity index (χ0v) is 13.4. The number of methoxy groups -OCH3 is 1. The van der Waals surface area contributed by atoms with Crippen LogP contribution in [0.3, 0.4) is 0 Å². The Labute approximate surface area is 135 Å². The molecule has 2 N–H and O–H groups in total. The van der Waals surface area contributed by atoms with Crippen LogP contribution in [-0.4, -0.2) is 28.8 Å². The molecule has 2 aromatic rings. The van der Waals surface area contributed by atoms with Crippen molar-refractivity contribution in [3.8, 4) is 17.2 Å². The van der Waals surface area contributed by atoms with E-state index in [4.69, 9.17) is 4.74 Å². The monoisotopic (exact) mass is 311 g/mol. The summed E-state index contributed by atoms with van der Waals surface area (Å²) in [6.07, 6.45) is 1.81. The number of phenolic OH excluding ortho intramolecular Hbond substituents is 2. The highest BCUT2D eigenvalue weighted by molar-refractivity contribution is 5.50. The van der Waals surface area contributed by atoms with Gasteiger partial charge in [-0.05, 0) is 66.3 Å². The molecule has 2 aliphatic heterocycles. The number of aromatic hydroxyl groups is 2. The van der Waals surface area contributed by atoms with Crippen LogP contribution in [0.2, 0.25) is 0 Å². The maximum absolute atomic E-state index is 10.2. The van der Waals surface area contributed by atoms with Gasteiger partial charge in [-0.2, -0.15) is 0 Å². The van der Waals surface area contributed by atoms with Crippen molar-refractivity contribution in [2.75, 3.05) is 13.7 Å². The first-order chi connectivity index (χ1) is 11.1. The molecule has 0 saturated heterocycles. The van der Waals surface area contributed by atoms with Gasteiger partial charge in [-0.25, -0.2) is 0 Å². The second kappa shape index (κ2) is 5.17. The standard InChI is InChI=1S/C19H21NO3/c1-11-15-4-3-14(21)7-13(15)8-17-16-10-18(22)19(23-2)9-12(16)5-6-20(11)17/h3-4,7,9-11,17,21-22H,5-6,8H2,1-2H3/t11-,17-/m0/s1. The lowest BCUT2D eigenvalue weighted by Crippen LogP contribution is -2.41. The van der Waals surface area contributed by atoms with Crippen molar-refractivity contribution < 1.29 is 14.9 Å². The summed E-state index contributed by atoms with van der Waals surface area (Å²) in [5.74, 6) is 1.06. The van der Waals surface area contributed by atoms with E-state index in [0.717, 1.165) is 19.4 Å². The molecule has 4 rings (SSSR count). The summed E-state index contributed by atoms with van der Waals surface area (Å²) < 4.78 is 5.24. The number of hydrogen-bond donors (Lipinski definition) is 2. The van der Waals surface area contributed by atoms with E-state index in [1.54, 1.807) is 13.2 Å². The van der Waals surface area contributed by atoms with Crippen LogP contribution in [0.4, 0.5) is 0 Å². The maximum Gasteiger partial charge on any atom is 0.160 e. The molecule has 2 atom stereocenters. The highest BCUT2D eigenvalue weighted by atomic mass is 16.5. The van der Waals surface area contributed by atoms with Crippen LogP contribution in [0.1, 0.15) is 41.3 Å². The van der Waals surface area contributed by atoms with Gasteiger partial charge in [0.15, 0.2) is 11.5 Å². The number of rotatable bonds is 1. The fourth-order valence-corrected chi connectivity index (χ4v) is 4.16. The van der Waals surface area contributed by atoms with E-state index in [0.29, 0.717) is 17.5 Å². The predicted molar refractivity (Wildman–Crippen MR) is 88.0 cm³/mol. The van der Waals surface area contributed by atoms with Crippen LogP contribution in [0, 0.1) is 0 Å². The minimum Gasteiger partial charge on any atom is -0.508 e. The van der Waals surface area contributed by atoms with Gasteiger partial charge in [0.05, 0.1) is 7.11 Å². The normalized spacial score (nSPS) is 22.9.